The summed E-state index contributed by atoms with van der Waals surface area (Å²) in [5.41, 5.74) is 0.310. The van der Waals surface area contributed by atoms with E-state index < -0.39 is 17.6 Å². The van der Waals surface area contributed by atoms with E-state index in [4.69, 9.17) is 4.42 Å². The lowest BCUT2D eigenvalue weighted by molar-refractivity contribution is -0.137. The van der Waals surface area contributed by atoms with Gasteiger partial charge in [-0.15, -0.1) is 0 Å². The molecule has 0 saturated heterocycles. The molecule has 8 heteroatoms. The summed E-state index contributed by atoms with van der Waals surface area (Å²) in [7, 11) is 0. The van der Waals surface area contributed by atoms with E-state index in [2.05, 4.69) is 15.3 Å². The van der Waals surface area contributed by atoms with Crippen molar-refractivity contribution in [1.82, 2.24) is 15.3 Å². The first-order valence-corrected chi connectivity index (χ1v) is 8.18. The Morgan fingerprint density at radius 1 is 1.19 bits per heavy atom. The highest BCUT2D eigenvalue weighted by Gasteiger charge is 2.31. The van der Waals surface area contributed by atoms with Crippen molar-refractivity contribution in [2.24, 2.45) is 0 Å². The average molecular weight is 375 g/mol. The minimum atomic E-state index is -4.52. The molecule has 0 bridgehead atoms. The molecule has 0 aliphatic carbocycles. The Morgan fingerprint density at radius 3 is 2.63 bits per heavy atom. The zero-order chi connectivity index (χ0) is 19.4. The number of rotatable bonds is 5. The van der Waals surface area contributed by atoms with Gasteiger partial charge in [-0.25, -0.2) is 4.98 Å². The van der Waals surface area contributed by atoms with Crippen LogP contribution in [0.4, 0.5) is 13.2 Å². The van der Waals surface area contributed by atoms with Crippen molar-refractivity contribution in [3.8, 4) is 11.5 Å². The molecule has 2 heterocycles. The first kappa shape index (κ1) is 18.6. The quantitative estimate of drug-likeness (QED) is 0.731. The molecule has 0 aliphatic rings. The summed E-state index contributed by atoms with van der Waals surface area (Å²) in [6.45, 7) is 1.96. The number of carbonyl (C=O) groups excluding carboxylic acids is 1. The molecule has 0 radical (unpaired) electrons. The van der Waals surface area contributed by atoms with Crippen LogP contribution in [0.1, 0.15) is 27.5 Å². The van der Waals surface area contributed by atoms with E-state index in [-0.39, 0.29) is 12.2 Å². The van der Waals surface area contributed by atoms with Gasteiger partial charge in [0.15, 0.2) is 0 Å². The van der Waals surface area contributed by atoms with Crippen LogP contribution in [0.15, 0.2) is 53.1 Å². The minimum absolute atomic E-state index is 0.193. The molecule has 0 atom stereocenters. The van der Waals surface area contributed by atoms with Crippen molar-refractivity contribution in [3.05, 3.63) is 71.4 Å². The third-order valence-corrected chi connectivity index (χ3v) is 3.88. The maximum Gasteiger partial charge on any atom is 0.416 e. The molecule has 0 unspecified atom stereocenters. The minimum Gasteiger partial charge on any atom is -0.441 e. The number of aryl methyl sites for hydroxylation is 1. The standard InChI is InChI=1S/C19H16F3N3O2/c1-12-15(25-18(27-12)13-5-3-2-4-6-13)8-10-24-17(26)16-11-14(7-9-23-16)19(20,21)22/h2-7,9,11H,8,10H2,1H3,(H,24,26). The van der Waals surface area contributed by atoms with Crippen molar-refractivity contribution in [1.29, 1.82) is 0 Å². The van der Waals surface area contributed by atoms with Gasteiger partial charge in [-0.3, -0.25) is 9.78 Å². The van der Waals surface area contributed by atoms with E-state index >= 15 is 0 Å². The van der Waals surface area contributed by atoms with Crippen molar-refractivity contribution in [2.75, 3.05) is 6.54 Å². The lowest BCUT2D eigenvalue weighted by Crippen LogP contribution is -2.27. The second-order valence-electron chi connectivity index (χ2n) is 5.82. The number of nitrogens with zero attached hydrogens (tertiary/aromatic N) is 2. The zero-order valence-electron chi connectivity index (χ0n) is 14.4. The van der Waals surface area contributed by atoms with E-state index in [9.17, 15) is 18.0 Å². The van der Waals surface area contributed by atoms with Gasteiger partial charge in [-0.1, -0.05) is 18.2 Å². The predicted molar refractivity (Wildman–Crippen MR) is 92.0 cm³/mol. The Labute approximate surface area is 153 Å². The number of amides is 1. The summed E-state index contributed by atoms with van der Waals surface area (Å²) in [4.78, 5) is 20.1. The number of hydrogen-bond acceptors (Lipinski definition) is 4. The highest BCUT2D eigenvalue weighted by Crippen LogP contribution is 2.29. The Morgan fingerprint density at radius 2 is 1.93 bits per heavy atom. The Kier molecular flexibility index (Phi) is 5.25. The molecule has 0 saturated carbocycles. The van der Waals surface area contributed by atoms with E-state index in [1.807, 2.05) is 30.3 Å². The molecule has 27 heavy (non-hydrogen) atoms. The summed E-state index contributed by atoms with van der Waals surface area (Å²) in [6.07, 6.45) is -3.18. The molecule has 1 amide bonds. The number of carbonyl (C=O) groups is 1. The molecular weight excluding hydrogens is 359 g/mol. The first-order valence-electron chi connectivity index (χ1n) is 8.18. The van der Waals surface area contributed by atoms with Gasteiger partial charge in [0.2, 0.25) is 5.89 Å². The Bertz CT molecular complexity index is 937. The highest BCUT2D eigenvalue weighted by atomic mass is 19.4. The van der Waals surface area contributed by atoms with E-state index in [0.29, 0.717) is 23.8 Å². The molecule has 1 N–H and O–H groups in total. The fourth-order valence-electron chi connectivity index (χ4n) is 2.48. The van der Waals surface area contributed by atoms with Crippen LogP contribution in [-0.4, -0.2) is 22.4 Å². The van der Waals surface area contributed by atoms with Crippen LogP contribution in [0, 0.1) is 6.92 Å². The van der Waals surface area contributed by atoms with Crippen LogP contribution in [0.2, 0.25) is 0 Å². The number of pyridine rings is 1. The third-order valence-electron chi connectivity index (χ3n) is 3.88. The SMILES string of the molecule is Cc1oc(-c2ccccc2)nc1CCNC(=O)c1cc(C(F)(F)F)ccn1. The lowest BCUT2D eigenvalue weighted by Gasteiger charge is -2.08. The molecule has 3 rings (SSSR count). The van der Waals surface area contributed by atoms with Crippen LogP contribution in [0.25, 0.3) is 11.5 Å². The molecule has 2 aromatic heterocycles. The van der Waals surface area contributed by atoms with Crippen molar-refractivity contribution in [3.63, 3.8) is 0 Å². The molecule has 1 aromatic carbocycles. The molecule has 0 spiro atoms. The number of halogens is 3. The number of hydrogen-bond donors (Lipinski definition) is 1. The van der Waals surface area contributed by atoms with Gasteiger partial charge < -0.3 is 9.73 Å². The van der Waals surface area contributed by atoms with E-state index in [1.165, 1.54) is 0 Å². The second-order valence-corrected chi connectivity index (χ2v) is 5.82. The molecule has 5 nitrogen and oxygen atoms in total. The first-order chi connectivity index (χ1) is 12.8. The number of nitrogens with one attached hydrogen (secondary N) is 1. The number of benzene rings is 1. The molecule has 140 valence electrons. The monoisotopic (exact) mass is 375 g/mol. The van der Waals surface area contributed by atoms with Gasteiger partial charge in [0.1, 0.15) is 11.5 Å². The summed E-state index contributed by atoms with van der Waals surface area (Å²) >= 11 is 0. The molecule has 0 aliphatic heterocycles. The number of aromatic nitrogens is 2. The average Bonchev–Trinajstić information content (AvgIpc) is 3.02. The number of alkyl halides is 3. The molecule has 0 fully saturated rings. The molecular formula is C19H16F3N3O2. The van der Waals surface area contributed by atoms with Gasteiger partial charge in [-0.05, 0) is 31.2 Å². The fourth-order valence-corrected chi connectivity index (χ4v) is 2.48. The van der Waals surface area contributed by atoms with Gasteiger partial charge in [0.25, 0.3) is 5.91 Å². The van der Waals surface area contributed by atoms with Crippen LogP contribution in [0.3, 0.4) is 0 Å². The van der Waals surface area contributed by atoms with Crippen LogP contribution in [-0.2, 0) is 12.6 Å². The van der Waals surface area contributed by atoms with E-state index in [1.54, 1.807) is 6.92 Å². The van der Waals surface area contributed by atoms with E-state index in [0.717, 1.165) is 23.9 Å². The largest absolute Gasteiger partial charge is 0.441 e. The Hall–Kier alpha value is -3.16. The lowest BCUT2D eigenvalue weighted by atomic mass is 10.2. The second kappa shape index (κ2) is 7.61. The smallest absolute Gasteiger partial charge is 0.416 e. The van der Waals surface area contributed by atoms with Gasteiger partial charge >= 0.3 is 6.18 Å². The predicted octanol–water partition coefficient (Wildman–Crippen LogP) is 4.04. The zero-order valence-corrected chi connectivity index (χ0v) is 14.4. The van der Waals surface area contributed by atoms with Crippen LogP contribution >= 0.6 is 0 Å². The molecule has 3 aromatic rings. The number of oxazole rings is 1. The van der Waals surface area contributed by atoms with Crippen molar-refractivity contribution >= 4 is 5.91 Å². The van der Waals surface area contributed by atoms with Crippen LogP contribution in [0.5, 0.6) is 0 Å². The van der Waals surface area contributed by atoms with Crippen molar-refractivity contribution in [2.45, 2.75) is 19.5 Å². The summed E-state index contributed by atoms with van der Waals surface area (Å²) in [5, 5.41) is 2.55. The maximum atomic E-state index is 12.7. The summed E-state index contributed by atoms with van der Waals surface area (Å²) in [6, 6.07) is 10.9. The maximum absolute atomic E-state index is 12.7. The van der Waals surface area contributed by atoms with Gasteiger partial charge in [0.05, 0.1) is 11.3 Å². The Balaban J connectivity index is 1.62. The van der Waals surface area contributed by atoms with Crippen LogP contribution < -0.4 is 5.32 Å². The normalized spacial score (nSPS) is 11.4. The topological polar surface area (TPSA) is 68.0 Å². The fraction of sp³-hybridized carbons (Fsp3) is 0.211. The highest BCUT2D eigenvalue weighted by molar-refractivity contribution is 5.92. The third kappa shape index (κ3) is 4.52. The summed E-state index contributed by atoms with van der Waals surface area (Å²) in [5.74, 6) is 0.430. The van der Waals surface area contributed by atoms with Crippen molar-refractivity contribution < 1.29 is 22.4 Å². The van der Waals surface area contributed by atoms with Gasteiger partial charge in [-0.2, -0.15) is 13.2 Å². The summed E-state index contributed by atoms with van der Waals surface area (Å²) < 4.78 is 43.8. The van der Waals surface area contributed by atoms with Gasteiger partial charge in [0, 0.05) is 24.7 Å².